The molecule has 11 heteroatoms. The van der Waals surface area contributed by atoms with Gasteiger partial charge >= 0.3 is 12.1 Å². The van der Waals surface area contributed by atoms with E-state index < -0.39 is 29.2 Å². The number of aliphatic hydroxyl groups is 1. The van der Waals surface area contributed by atoms with E-state index in [2.05, 4.69) is 0 Å². The largest absolute Gasteiger partial charge is 0.478 e. The van der Waals surface area contributed by atoms with Crippen molar-refractivity contribution in [2.75, 3.05) is 6.79 Å². The van der Waals surface area contributed by atoms with Gasteiger partial charge in [0.05, 0.1) is 10.6 Å². The van der Waals surface area contributed by atoms with E-state index in [4.69, 9.17) is 42.5 Å². The van der Waals surface area contributed by atoms with Gasteiger partial charge in [0.1, 0.15) is 11.5 Å². The van der Waals surface area contributed by atoms with Crippen LogP contribution in [0.3, 0.4) is 0 Å². The van der Waals surface area contributed by atoms with Gasteiger partial charge in [-0.1, -0.05) is 42.3 Å². The highest BCUT2D eigenvalue weighted by atomic mass is 35.5. The van der Waals surface area contributed by atoms with E-state index in [9.17, 15) is 23.1 Å². The van der Waals surface area contributed by atoms with Crippen molar-refractivity contribution < 1.29 is 42.4 Å². The van der Waals surface area contributed by atoms with Crippen LogP contribution in [0.15, 0.2) is 54.6 Å². The summed E-state index contributed by atoms with van der Waals surface area (Å²) in [7, 11) is 0. The van der Waals surface area contributed by atoms with Gasteiger partial charge in [-0.2, -0.15) is 13.2 Å². The van der Waals surface area contributed by atoms with Crippen molar-refractivity contribution in [2.24, 2.45) is 0 Å². The number of alkyl halides is 3. The molecule has 2 atom stereocenters. The van der Waals surface area contributed by atoms with Crippen LogP contribution in [-0.2, 0) is 5.60 Å². The van der Waals surface area contributed by atoms with Crippen LogP contribution in [0.2, 0.25) is 10.0 Å². The number of carbonyl (C=O) groups is 1. The number of ether oxygens (including phenoxy) is 3. The van der Waals surface area contributed by atoms with Gasteiger partial charge in [0, 0.05) is 17.0 Å². The van der Waals surface area contributed by atoms with Crippen LogP contribution in [0.25, 0.3) is 0 Å². The lowest BCUT2D eigenvalue weighted by atomic mass is 9.77. The monoisotopic (exact) mass is 528 g/mol. The molecule has 1 aliphatic heterocycles. The number of fused-ring (bicyclic) bond motifs is 1. The molecular weight excluding hydrogens is 512 g/mol. The molecule has 0 saturated heterocycles. The van der Waals surface area contributed by atoms with Gasteiger partial charge < -0.3 is 24.4 Å². The zero-order chi connectivity index (χ0) is 25.5. The number of carboxylic acid groups (broad SMARTS) is 1. The molecule has 3 aromatic rings. The first-order valence-electron chi connectivity index (χ1n) is 10.1. The maximum absolute atomic E-state index is 14.3. The smallest absolute Gasteiger partial charge is 0.422 e. The molecule has 0 radical (unpaired) electrons. The van der Waals surface area contributed by atoms with Gasteiger partial charge in [0.25, 0.3) is 0 Å². The SMILES string of the molecule is C[C@H](c1ccc(Oc2ccc(C(=O)O)c(Cl)c2)cc1Cl)[C@](O)(c1ccc2c(c1)OCO2)C(F)(F)F. The van der Waals surface area contributed by atoms with Crippen LogP contribution in [0.5, 0.6) is 23.0 Å². The number of hydrogen-bond donors (Lipinski definition) is 2. The molecule has 0 bridgehead atoms. The Morgan fingerprint density at radius 3 is 2.20 bits per heavy atom. The Hall–Kier alpha value is -3.14. The fraction of sp³-hybridized carbons (Fsp3) is 0.208. The quantitative estimate of drug-likeness (QED) is 0.367. The lowest BCUT2D eigenvalue weighted by Gasteiger charge is -2.37. The van der Waals surface area contributed by atoms with Gasteiger partial charge in [-0.25, -0.2) is 4.79 Å². The topological polar surface area (TPSA) is 85.2 Å². The minimum absolute atomic E-state index is 0.0239. The van der Waals surface area contributed by atoms with Crippen molar-refractivity contribution >= 4 is 29.2 Å². The van der Waals surface area contributed by atoms with Crippen molar-refractivity contribution in [3.05, 3.63) is 81.3 Å². The molecule has 1 aliphatic rings. The minimum atomic E-state index is -5.05. The Balaban J connectivity index is 1.65. The summed E-state index contributed by atoms with van der Waals surface area (Å²) in [6.45, 7) is 1.08. The second kappa shape index (κ2) is 9.14. The number of hydrogen-bond acceptors (Lipinski definition) is 5. The first-order valence-corrected chi connectivity index (χ1v) is 10.9. The maximum atomic E-state index is 14.3. The second-order valence-corrected chi connectivity index (χ2v) is 8.60. The molecule has 3 aromatic carbocycles. The Morgan fingerprint density at radius 2 is 1.60 bits per heavy atom. The molecule has 0 aliphatic carbocycles. The van der Waals surface area contributed by atoms with Crippen molar-refractivity contribution in [1.29, 1.82) is 0 Å². The fourth-order valence-corrected chi connectivity index (χ4v) is 4.39. The molecule has 4 rings (SSSR count). The van der Waals surface area contributed by atoms with Gasteiger partial charge in [0.2, 0.25) is 6.79 Å². The van der Waals surface area contributed by atoms with Crippen LogP contribution in [-0.4, -0.2) is 29.2 Å². The van der Waals surface area contributed by atoms with Crippen LogP contribution < -0.4 is 14.2 Å². The van der Waals surface area contributed by atoms with E-state index in [0.717, 1.165) is 12.1 Å². The lowest BCUT2D eigenvalue weighted by molar-refractivity contribution is -0.274. The van der Waals surface area contributed by atoms with Gasteiger partial charge in [-0.3, -0.25) is 0 Å². The van der Waals surface area contributed by atoms with Crippen LogP contribution in [0, 0.1) is 0 Å². The molecule has 0 saturated carbocycles. The summed E-state index contributed by atoms with van der Waals surface area (Å²) in [5.74, 6) is -1.98. The Morgan fingerprint density at radius 1 is 0.971 bits per heavy atom. The molecule has 0 aromatic heterocycles. The number of halogens is 5. The van der Waals surface area contributed by atoms with E-state index in [1.807, 2.05) is 0 Å². The van der Waals surface area contributed by atoms with Crippen LogP contribution >= 0.6 is 23.2 Å². The number of aromatic carboxylic acids is 1. The highest BCUT2D eigenvalue weighted by Gasteiger charge is 2.59. The molecule has 0 fully saturated rings. The molecule has 2 N–H and O–H groups in total. The predicted molar refractivity (Wildman–Crippen MR) is 121 cm³/mol. The fourth-order valence-electron chi connectivity index (χ4n) is 3.81. The van der Waals surface area contributed by atoms with Crippen LogP contribution in [0.4, 0.5) is 13.2 Å². The highest BCUT2D eigenvalue weighted by molar-refractivity contribution is 6.33. The number of benzene rings is 3. The molecular formula is C24H17Cl2F3O6. The molecule has 0 amide bonds. The molecule has 1 heterocycles. The average molecular weight is 529 g/mol. The molecule has 6 nitrogen and oxygen atoms in total. The molecule has 0 spiro atoms. The summed E-state index contributed by atoms with van der Waals surface area (Å²) in [5.41, 5.74) is -3.81. The van der Waals surface area contributed by atoms with Crippen LogP contribution in [0.1, 0.15) is 34.3 Å². The first kappa shape index (κ1) is 25.0. The molecule has 0 unspecified atom stereocenters. The molecule has 184 valence electrons. The van der Waals surface area contributed by atoms with E-state index in [0.29, 0.717) is 0 Å². The number of carboxylic acids is 1. The summed E-state index contributed by atoms with van der Waals surface area (Å²) in [5, 5.41) is 20.0. The molecule has 35 heavy (non-hydrogen) atoms. The van der Waals surface area contributed by atoms with E-state index in [1.165, 1.54) is 49.4 Å². The highest BCUT2D eigenvalue weighted by Crippen LogP contribution is 2.51. The Kier molecular flexibility index (Phi) is 6.52. The summed E-state index contributed by atoms with van der Waals surface area (Å²) in [4.78, 5) is 11.1. The second-order valence-electron chi connectivity index (χ2n) is 7.79. The van der Waals surface area contributed by atoms with Crippen molar-refractivity contribution in [1.82, 2.24) is 0 Å². The third-order valence-electron chi connectivity index (χ3n) is 5.72. The van der Waals surface area contributed by atoms with E-state index in [1.54, 1.807) is 0 Å². The Labute approximate surface area is 207 Å². The normalized spacial score (nSPS) is 15.4. The number of rotatable bonds is 6. The third kappa shape index (κ3) is 4.59. The van der Waals surface area contributed by atoms with E-state index in [-0.39, 0.29) is 51.0 Å². The predicted octanol–water partition coefficient (Wildman–Crippen LogP) is 6.77. The zero-order valence-corrected chi connectivity index (χ0v) is 19.4. The van der Waals surface area contributed by atoms with Gasteiger partial charge in [-0.05, 0) is 47.5 Å². The lowest BCUT2D eigenvalue weighted by Crippen LogP contribution is -2.46. The van der Waals surface area contributed by atoms with Crippen molar-refractivity contribution in [3.8, 4) is 23.0 Å². The zero-order valence-electron chi connectivity index (χ0n) is 17.9. The minimum Gasteiger partial charge on any atom is -0.478 e. The first-order chi connectivity index (χ1) is 16.4. The van der Waals surface area contributed by atoms with E-state index >= 15 is 0 Å². The van der Waals surface area contributed by atoms with Crippen molar-refractivity contribution in [3.63, 3.8) is 0 Å². The van der Waals surface area contributed by atoms with Gasteiger partial charge in [-0.15, -0.1) is 0 Å². The third-order valence-corrected chi connectivity index (χ3v) is 6.36. The summed E-state index contributed by atoms with van der Waals surface area (Å²) < 4.78 is 58.7. The average Bonchev–Trinajstić information content (AvgIpc) is 3.25. The summed E-state index contributed by atoms with van der Waals surface area (Å²) in [6, 6.07) is 11.5. The van der Waals surface area contributed by atoms with Crippen molar-refractivity contribution in [2.45, 2.75) is 24.6 Å². The maximum Gasteiger partial charge on any atom is 0.422 e. The van der Waals surface area contributed by atoms with Gasteiger partial charge in [0.15, 0.2) is 17.1 Å². The summed E-state index contributed by atoms with van der Waals surface area (Å²) in [6.07, 6.45) is -5.05. The standard InChI is InChI=1S/C24H17Cl2F3O6/c1-12(23(32,24(27,28)29)13-2-7-20-21(8-13)34-11-33-20)16-5-3-14(9-18(16)25)35-15-4-6-17(22(30)31)19(26)10-15/h2-10,12,32H,11H2,1H3,(H,30,31)/t12-,23+/m1/s1. The summed E-state index contributed by atoms with van der Waals surface area (Å²) >= 11 is 12.3. The Bertz CT molecular complexity index is 1300.